The summed E-state index contributed by atoms with van der Waals surface area (Å²) in [5.74, 6) is -0.546. The molecular formula is C17H26ClFN2O2. The number of benzene rings is 1. The monoisotopic (exact) mass is 344 g/mol. The highest BCUT2D eigenvalue weighted by atomic mass is 35.5. The number of nitrogens with two attached hydrogens (primary N) is 1. The van der Waals surface area contributed by atoms with Gasteiger partial charge in [-0.15, -0.1) is 12.4 Å². The molecule has 1 fully saturated rings. The van der Waals surface area contributed by atoms with Gasteiger partial charge >= 0.3 is 0 Å². The molecule has 1 amide bonds. The van der Waals surface area contributed by atoms with E-state index in [1.54, 1.807) is 12.1 Å². The highest BCUT2D eigenvalue weighted by Gasteiger charge is 2.27. The Kier molecular flexibility index (Phi) is 6.84. The molecule has 0 aromatic heterocycles. The number of anilines is 1. The first-order valence-electron chi connectivity index (χ1n) is 7.80. The number of ether oxygens (including phenoxy) is 1. The van der Waals surface area contributed by atoms with Crippen LogP contribution in [0.5, 0.6) is 5.75 Å². The standard InChI is InChI=1S/C17H25FN2O2.ClH/c1-17(2,3)15(19)16(21)20-11-8-9-14(13(18)10-11)22-12-6-4-5-7-12;/h8-10,12,15H,4-7,19H2,1-3H3,(H,20,21);1H/t15-;/m1./s1. The molecule has 23 heavy (non-hydrogen) atoms. The largest absolute Gasteiger partial charge is 0.487 e. The van der Waals surface area contributed by atoms with Gasteiger partial charge in [0.25, 0.3) is 0 Å². The van der Waals surface area contributed by atoms with Crippen molar-refractivity contribution in [2.75, 3.05) is 5.32 Å². The smallest absolute Gasteiger partial charge is 0.241 e. The Balaban J connectivity index is 0.00000264. The van der Waals surface area contributed by atoms with Gasteiger partial charge in [-0.2, -0.15) is 0 Å². The maximum absolute atomic E-state index is 14.1. The Morgan fingerprint density at radius 3 is 2.48 bits per heavy atom. The molecule has 0 bridgehead atoms. The summed E-state index contributed by atoms with van der Waals surface area (Å²) >= 11 is 0. The number of rotatable bonds is 4. The van der Waals surface area contributed by atoms with Gasteiger partial charge in [-0.05, 0) is 43.2 Å². The zero-order chi connectivity index (χ0) is 16.3. The average Bonchev–Trinajstić information content (AvgIpc) is 2.93. The van der Waals surface area contributed by atoms with Crippen molar-refractivity contribution < 1.29 is 13.9 Å². The molecule has 0 heterocycles. The molecule has 1 atom stereocenters. The highest BCUT2D eigenvalue weighted by molar-refractivity contribution is 5.95. The third-order valence-electron chi connectivity index (χ3n) is 4.01. The summed E-state index contributed by atoms with van der Waals surface area (Å²) in [5.41, 5.74) is 5.93. The van der Waals surface area contributed by atoms with Crippen molar-refractivity contribution in [2.24, 2.45) is 11.1 Å². The van der Waals surface area contributed by atoms with E-state index in [4.69, 9.17) is 10.5 Å². The van der Waals surface area contributed by atoms with Crippen LogP contribution in [-0.4, -0.2) is 18.1 Å². The quantitative estimate of drug-likeness (QED) is 0.871. The third kappa shape index (κ3) is 5.36. The lowest BCUT2D eigenvalue weighted by atomic mass is 9.87. The van der Waals surface area contributed by atoms with Crippen molar-refractivity contribution in [3.8, 4) is 5.75 Å². The van der Waals surface area contributed by atoms with Crippen molar-refractivity contribution in [3.63, 3.8) is 0 Å². The van der Waals surface area contributed by atoms with Crippen molar-refractivity contribution >= 4 is 24.0 Å². The zero-order valence-electron chi connectivity index (χ0n) is 13.9. The first-order chi connectivity index (χ1) is 10.3. The van der Waals surface area contributed by atoms with E-state index in [9.17, 15) is 9.18 Å². The Labute approximate surface area is 143 Å². The van der Waals surface area contributed by atoms with Crippen LogP contribution in [-0.2, 0) is 4.79 Å². The van der Waals surface area contributed by atoms with E-state index in [1.165, 1.54) is 6.07 Å². The second kappa shape index (κ2) is 7.97. The Morgan fingerprint density at radius 1 is 1.35 bits per heavy atom. The first-order valence-corrected chi connectivity index (χ1v) is 7.80. The van der Waals surface area contributed by atoms with Crippen LogP contribution in [0.4, 0.5) is 10.1 Å². The topological polar surface area (TPSA) is 64.4 Å². The van der Waals surface area contributed by atoms with E-state index in [-0.39, 0.29) is 35.6 Å². The molecule has 0 unspecified atom stereocenters. The molecule has 0 aliphatic heterocycles. The van der Waals surface area contributed by atoms with Crippen molar-refractivity contribution in [2.45, 2.75) is 58.6 Å². The minimum atomic E-state index is -0.662. The summed E-state index contributed by atoms with van der Waals surface area (Å²) in [5, 5.41) is 2.65. The van der Waals surface area contributed by atoms with E-state index in [2.05, 4.69) is 5.32 Å². The van der Waals surface area contributed by atoms with Crippen LogP contribution in [0, 0.1) is 11.2 Å². The Morgan fingerprint density at radius 2 is 1.96 bits per heavy atom. The number of amides is 1. The molecule has 1 saturated carbocycles. The van der Waals surface area contributed by atoms with Gasteiger partial charge in [-0.1, -0.05) is 20.8 Å². The number of hydrogen-bond donors (Lipinski definition) is 2. The normalized spacial score (nSPS) is 16.6. The Hall–Kier alpha value is -1.33. The second-order valence-electron chi connectivity index (χ2n) is 7.00. The Bertz CT molecular complexity index is 540. The van der Waals surface area contributed by atoms with Crippen molar-refractivity contribution in [3.05, 3.63) is 24.0 Å². The third-order valence-corrected chi connectivity index (χ3v) is 4.01. The summed E-state index contributed by atoms with van der Waals surface area (Å²) in [6.07, 6.45) is 4.30. The molecule has 0 spiro atoms. The maximum Gasteiger partial charge on any atom is 0.241 e. The van der Waals surface area contributed by atoms with Gasteiger partial charge in [-0.25, -0.2) is 4.39 Å². The fourth-order valence-electron chi connectivity index (χ4n) is 2.47. The van der Waals surface area contributed by atoms with Crippen molar-refractivity contribution in [1.29, 1.82) is 0 Å². The van der Waals surface area contributed by atoms with Gasteiger partial charge in [0.15, 0.2) is 11.6 Å². The SMILES string of the molecule is CC(C)(C)[C@H](N)C(=O)Nc1ccc(OC2CCCC2)c(F)c1.Cl. The van der Waals surface area contributed by atoms with Gasteiger partial charge in [-0.3, -0.25) is 4.79 Å². The van der Waals surface area contributed by atoms with Gasteiger partial charge in [0.1, 0.15) is 0 Å². The molecule has 1 aromatic rings. The van der Waals surface area contributed by atoms with Gasteiger partial charge in [0.2, 0.25) is 5.91 Å². The minimum absolute atomic E-state index is 0. The summed E-state index contributed by atoms with van der Waals surface area (Å²) in [7, 11) is 0. The van der Waals surface area contributed by atoms with E-state index >= 15 is 0 Å². The molecule has 130 valence electrons. The van der Waals surface area contributed by atoms with Crippen LogP contribution in [0.1, 0.15) is 46.5 Å². The van der Waals surface area contributed by atoms with E-state index < -0.39 is 11.9 Å². The lowest BCUT2D eigenvalue weighted by Crippen LogP contribution is -2.45. The summed E-state index contributed by atoms with van der Waals surface area (Å²) < 4.78 is 19.7. The number of carbonyl (C=O) groups excluding carboxylic acids is 1. The summed E-state index contributed by atoms with van der Waals surface area (Å²) in [6, 6.07) is 3.81. The molecule has 0 radical (unpaired) electrons. The van der Waals surface area contributed by atoms with Crippen LogP contribution in [0.3, 0.4) is 0 Å². The summed E-state index contributed by atoms with van der Waals surface area (Å²) in [6.45, 7) is 5.66. The second-order valence-corrected chi connectivity index (χ2v) is 7.00. The van der Waals surface area contributed by atoms with Crippen LogP contribution in [0.2, 0.25) is 0 Å². The molecular weight excluding hydrogens is 319 g/mol. The fourth-order valence-corrected chi connectivity index (χ4v) is 2.47. The van der Waals surface area contributed by atoms with Crippen LogP contribution >= 0.6 is 12.4 Å². The maximum atomic E-state index is 14.1. The molecule has 4 nitrogen and oxygen atoms in total. The molecule has 0 saturated heterocycles. The highest BCUT2D eigenvalue weighted by Crippen LogP contribution is 2.28. The molecule has 6 heteroatoms. The van der Waals surface area contributed by atoms with E-state index in [1.807, 2.05) is 20.8 Å². The van der Waals surface area contributed by atoms with Crippen molar-refractivity contribution in [1.82, 2.24) is 0 Å². The van der Waals surface area contributed by atoms with Gasteiger partial charge in [0.05, 0.1) is 12.1 Å². The van der Waals surface area contributed by atoms with Gasteiger partial charge in [0, 0.05) is 11.8 Å². The molecule has 1 aliphatic carbocycles. The lowest BCUT2D eigenvalue weighted by Gasteiger charge is -2.25. The summed E-state index contributed by atoms with van der Waals surface area (Å²) in [4.78, 5) is 12.0. The lowest BCUT2D eigenvalue weighted by molar-refractivity contribution is -0.119. The fraction of sp³-hybridized carbons (Fsp3) is 0.588. The molecule has 3 N–H and O–H groups in total. The van der Waals surface area contributed by atoms with E-state index in [0.29, 0.717) is 5.69 Å². The number of hydrogen-bond acceptors (Lipinski definition) is 3. The minimum Gasteiger partial charge on any atom is -0.487 e. The number of carbonyl (C=O) groups is 1. The van der Waals surface area contributed by atoms with Crippen LogP contribution in [0.25, 0.3) is 0 Å². The van der Waals surface area contributed by atoms with E-state index in [0.717, 1.165) is 25.7 Å². The van der Waals surface area contributed by atoms with Crippen LogP contribution in [0.15, 0.2) is 18.2 Å². The number of nitrogens with one attached hydrogen (secondary N) is 1. The predicted octanol–water partition coefficient (Wildman–Crippen LogP) is 3.88. The molecule has 2 rings (SSSR count). The first kappa shape index (κ1) is 19.7. The molecule has 1 aliphatic rings. The predicted molar refractivity (Wildman–Crippen MR) is 92.6 cm³/mol. The number of halogens is 2. The molecule has 1 aromatic carbocycles. The average molecular weight is 345 g/mol. The van der Waals surface area contributed by atoms with Crippen LogP contribution < -0.4 is 15.8 Å². The van der Waals surface area contributed by atoms with Gasteiger partial charge < -0.3 is 15.8 Å². The zero-order valence-corrected chi connectivity index (χ0v) is 14.7.